The van der Waals surface area contributed by atoms with Gasteiger partial charge in [-0.15, -0.1) is 0 Å². The quantitative estimate of drug-likeness (QED) is 0.760. The lowest BCUT2D eigenvalue weighted by Crippen LogP contribution is -2.52. The Bertz CT molecular complexity index is 1160. The summed E-state index contributed by atoms with van der Waals surface area (Å²) in [7, 11) is 0. The molecular formula is C20H19N7O. The molecule has 1 fully saturated rings. The van der Waals surface area contributed by atoms with Gasteiger partial charge in [0.15, 0.2) is 11.9 Å². The molecule has 3 heterocycles. The summed E-state index contributed by atoms with van der Waals surface area (Å²) in [6.07, 6.45) is 4.12. The van der Waals surface area contributed by atoms with Crippen LogP contribution in [0.15, 0.2) is 50.9 Å². The molecule has 3 N–H and O–H groups in total. The number of hydrazine groups is 1. The number of aryl methyl sites for hydroxylation is 1. The van der Waals surface area contributed by atoms with Crippen molar-refractivity contribution in [1.82, 2.24) is 15.4 Å². The standard InChI is InChI=1S/C20H19N7O/c1-11-6-19(28)25-16-7-13(4-5-15(11)16)24-18-8-17(23-12-2-3-12)20-22-10-14(9-21)27(20)26-18/h4-8,12,14,24,26H,2-3,10H2,1H3,(H,25,28). The molecule has 1 unspecified atom stereocenters. The van der Waals surface area contributed by atoms with Crippen molar-refractivity contribution in [3.8, 4) is 6.07 Å². The minimum absolute atomic E-state index is 0.120. The number of amidine groups is 1. The molecule has 1 aromatic heterocycles. The zero-order valence-electron chi connectivity index (χ0n) is 15.4. The third-order valence-corrected chi connectivity index (χ3v) is 5.05. The average Bonchev–Trinajstić information content (AvgIpc) is 3.38. The van der Waals surface area contributed by atoms with E-state index in [-0.39, 0.29) is 11.6 Å². The first-order valence-corrected chi connectivity index (χ1v) is 9.31. The first-order valence-electron chi connectivity index (χ1n) is 9.31. The summed E-state index contributed by atoms with van der Waals surface area (Å²) < 4.78 is 0. The van der Waals surface area contributed by atoms with E-state index >= 15 is 0 Å². The second-order valence-corrected chi connectivity index (χ2v) is 7.30. The lowest BCUT2D eigenvalue weighted by Gasteiger charge is -2.31. The SMILES string of the molecule is Cc1cc(=O)[nH]c2cc(NC3=CC(=NC4CC4)C4=NCC(C#N)N4N3)ccc12. The molecule has 1 aliphatic carbocycles. The van der Waals surface area contributed by atoms with Gasteiger partial charge in [-0.1, -0.05) is 6.07 Å². The average molecular weight is 373 g/mol. The van der Waals surface area contributed by atoms with Crippen molar-refractivity contribution in [1.29, 1.82) is 5.26 Å². The zero-order chi connectivity index (χ0) is 19.3. The molecule has 8 nitrogen and oxygen atoms in total. The van der Waals surface area contributed by atoms with E-state index in [0.29, 0.717) is 12.6 Å². The van der Waals surface area contributed by atoms with E-state index in [4.69, 9.17) is 4.99 Å². The van der Waals surface area contributed by atoms with Gasteiger partial charge in [0.25, 0.3) is 0 Å². The van der Waals surface area contributed by atoms with Gasteiger partial charge in [0.05, 0.1) is 24.2 Å². The topological polar surface area (TPSA) is 109 Å². The number of benzene rings is 1. The third kappa shape index (κ3) is 2.91. The lowest BCUT2D eigenvalue weighted by molar-refractivity contribution is 0.328. The Labute approximate surface area is 161 Å². The van der Waals surface area contributed by atoms with E-state index in [1.165, 1.54) is 0 Å². The van der Waals surface area contributed by atoms with Crippen molar-refractivity contribution in [2.75, 3.05) is 11.9 Å². The molecule has 0 saturated heterocycles. The van der Waals surface area contributed by atoms with E-state index in [0.717, 1.165) is 52.4 Å². The number of aromatic amines is 1. The van der Waals surface area contributed by atoms with Crippen LogP contribution in [-0.2, 0) is 0 Å². The molecular weight excluding hydrogens is 354 g/mol. The lowest BCUT2D eigenvalue weighted by atomic mass is 10.1. The molecule has 0 radical (unpaired) electrons. The molecule has 0 amide bonds. The minimum Gasteiger partial charge on any atom is -0.341 e. The van der Waals surface area contributed by atoms with Crippen LogP contribution in [0.25, 0.3) is 10.9 Å². The first kappa shape index (κ1) is 16.6. The van der Waals surface area contributed by atoms with Gasteiger partial charge in [0.1, 0.15) is 11.5 Å². The Morgan fingerprint density at radius 3 is 3.00 bits per heavy atom. The van der Waals surface area contributed by atoms with Crippen LogP contribution in [0, 0.1) is 18.3 Å². The number of nitrogens with one attached hydrogen (secondary N) is 3. The van der Waals surface area contributed by atoms with Gasteiger partial charge in [-0.2, -0.15) is 5.26 Å². The molecule has 8 heteroatoms. The molecule has 0 bridgehead atoms. The van der Waals surface area contributed by atoms with Gasteiger partial charge in [-0.25, -0.2) is 5.01 Å². The van der Waals surface area contributed by atoms with Crippen molar-refractivity contribution in [3.63, 3.8) is 0 Å². The summed E-state index contributed by atoms with van der Waals surface area (Å²) in [5.74, 6) is 1.44. The van der Waals surface area contributed by atoms with E-state index in [9.17, 15) is 10.1 Å². The highest BCUT2D eigenvalue weighted by molar-refractivity contribution is 6.46. The van der Waals surface area contributed by atoms with Crippen LogP contribution in [0.3, 0.4) is 0 Å². The fraction of sp³-hybridized carbons (Fsp3) is 0.300. The summed E-state index contributed by atoms with van der Waals surface area (Å²) in [5, 5.41) is 15.5. The highest BCUT2D eigenvalue weighted by Gasteiger charge is 2.35. The van der Waals surface area contributed by atoms with Crippen molar-refractivity contribution in [2.45, 2.75) is 31.8 Å². The molecule has 3 aliphatic rings. The molecule has 2 aliphatic heterocycles. The Morgan fingerprint density at radius 2 is 2.21 bits per heavy atom. The predicted molar refractivity (Wildman–Crippen MR) is 108 cm³/mol. The number of nitrogens with zero attached hydrogens (tertiary/aromatic N) is 4. The molecule has 2 aromatic rings. The number of rotatable bonds is 3. The number of fused-ring (bicyclic) bond motifs is 2. The fourth-order valence-electron chi connectivity index (χ4n) is 3.50. The maximum absolute atomic E-state index is 11.8. The van der Waals surface area contributed by atoms with Crippen LogP contribution in [0.5, 0.6) is 0 Å². The molecule has 140 valence electrons. The van der Waals surface area contributed by atoms with Crippen molar-refractivity contribution < 1.29 is 0 Å². The smallest absolute Gasteiger partial charge is 0.248 e. The number of hydrogen-bond donors (Lipinski definition) is 3. The number of aliphatic imine (C=N–C) groups is 2. The van der Waals surface area contributed by atoms with Crippen molar-refractivity contribution in [3.05, 3.63) is 52.1 Å². The largest absolute Gasteiger partial charge is 0.341 e. The number of aromatic nitrogens is 1. The van der Waals surface area contributed by atoms with Gasteiger partial charge in [0.2, 0.25) is 5.56 Å². The third-order valence-electron chi connectivity index (χ3n) is 5.05. The number of H-pyrrole nitrogens is 1. The minimum atomic E-state index is -0.361. The van der Waals surface area contributed by atoms with Crippen LogP contribution in [-0.4, -0.2) is 40.2 Å². The van der Waals surface area contributed by atoms with Crippen LogP contribution in [0.4, 0.5) is 5.69 Å². The second-order valence-electron chi connectivity index (χ2n) is 7.30. The van der Waals surface area contributed by atoms with Gasteiger partial charge < -0.3 is 10.3 Å². The summed E-state index contributed by atoms with van der Waals surface area (Å²) in [6, 6.07) is 9.70. The maximum atomic E-state index is 11.8. The maximum Gasteiger partial charge on any atom is 0.248 e. The Morgan fingerprint density at radius 1 is 1.36 bits per heavy atom. The normalized spacial score (nSPS) is 22.4. The highest BCUT2D eigenvalue weighted by atomic mass is 16.1. The molecule has 0 spiro atoms. The Kier molecular flexibility index (Phi) is 3.69. The summed E-state index contributed by atoms with van der Waals surface area (Å²) in [4.78, 5) is 23.9. The summed E-state index contributed by atoms with van der Waals surface area (Å²) >= 11 is 0. The number of nitriles is 1. The molecule has 28 heavy (non-hydrogen) atoms. The Hall–Kier alpha value is -3.60. The number of pyridine rings is 1. The monoisotopic (exact) mass is 373 g/mol. The fourth-order valence-corrected chi connectivity index (χ4v) is 3.50. The molecule has 1 saturated carbocycles. The number of anilines is 1. The van der Waals surface area contributed by atoms with E-state index in [1.54, 1.807) is 11.1 Å². The summed E-state index contributed by atoms with van der Waals surface area (Å²) in [5.41, 5.74) is 6.45. The van der Waals surface area contributed by atoms with Gasteiger partial charge in [-0.05, 0) is 37.5 Å². The van der Waals surface area contributed by atoms with Gasteiger partial charge >= 0.3 is 0 Å². The first-order chi connectivity index (χ1) is 13.6. The van der Waals surface area contributed by atoms with Crippen LogP contribution >= 0.6 is 0 Å². The zero-order valence-corrected chi connectivity index (χ0v) is 15.4. The molecule has 1 aromatic carbocycles. The van der Waals surface area contributed by atoms with Gasteiger partial charge in [-0.3, -0.25) is 20.2 Å². The van der Waals surface area contributed by atoms with E-state index in [2.05, 4.69) is 26.8 Å². The van der Waals surface area contributed by atoms with Crippen molar-refractivity contribution >= 4 is 28.1 Å². The molecule has 1 atom stereocenters. The number of hydrogen-bond acceptors (Lipinski definition) is 7. The van der Waals surface area contributed by atoms with E-state index < -0.39 is 0 Å². The summed E-state index contributed by atoms with van der Waals surface area (Å²) in [6.45, 7) is 2.35. The van der Waals surface area contributed by atoms with Crippen LogP contribution < -0.4 is 16.3 Å². The van der Waals surface area contributed by atoms with Crippen LogP contribution in [0.2, 0.25) is 0 Å². The highest BCUT2D eigenvalue weighted by Crippen LogP contribution is 2.26. The molecule has 5 rings (SSSR count). The second kappa shape index (κ2) is 6.23. The van der Waals surface area contributed by atoms with Crippen molar-refractivity contribution in [2.24, 2.45) is 9.98 Å². The Balaban J connectivity index is 1.49. The van der Waals surface area contributed by atoms with E-state index in [1.807, 2.05) is 31.2 Å². The van der Waals surface area contributed by atoms with Gasteiger partial charge in [0, 0.05) is 23.2 Å². The predicted octanol–water partition coefficient (Wildman–Crippen LogP) is 1.82. The van der Waals surface area contributed by atoms with Crippen LogP contribution in [0.1, 0.15) is 18.4 Å².